The number of alkyl halides is 6. The van der Waals surface area contributed by atoms with Crippen LogP contribution in [0.15, 0.2) is 83.3 Å². The Kier molecular flexibility index (Phi) is 7.90. The Balaban J connectivity index is 1.58. The van der Waals surface area contributed by atoms with E-state index in [1.165, 1.54) is 35.9 Å². The molecule has 3 amide bonds. The van der Waals surface area contributed by atoms with E-state index in [1.54, 1.807) is 6.07 Å². The summed E-state index contributed by atoms with van der Waals surface area (Å²) < 4.78 is 79.0. The molecule has 0 bridgehead atoms. The molecule has 0 aliphatic carbocycles. The van der Waals surface area contributed by atoms with E-state index < -0.39 is 53.3 Å². The topological polar surface area (TPSA) is 79.8 Å². The third-order valence-electron chi connectivity index (χ3n) is 6.36. The van der Waals surface area contributed by atoms with Crippen molar-refractivity contribution in [1.82, 2.24) is 10.0 Å². The van der Waals surface area contributed by atoms with Crippen LogP contribution in [0.5, 0.6) is 0 Å². The van der Waals surface area contributed by atoms with Gasteiger partial charge >= 0.3 is 23.7 Å². The summed E-state index contributed by atoms with van der Waals surface area (Å²) in [6.45, 7) is 0. The van der Waals surface area contributed by atoms with Crippen molar-refractivity contribution in [3.8, 4) is 0 Å². The number of nitrogens with zero attached hydrogens (tertiary/aromatic N) is 3. The number of carbonyl (C=O) groups excluding carboxylic acids is 3. The molecule has 2 atom stereocenters. The van der Waals surface area contributed by atoms with Crippen LogP contribution >= 0.6 is 23.1 Å². The summed E-state index contributed by atoms with van der Waals surface area (Å²) in [6, 6.07) is 11.3. The molecule has 2 aromatic heterocycles. The zero-order chi connectivity index (χ0) is 30.2. The van der Waals surface area contributed by atoms with Crippen LogP contribution < -0.4 is 4.90 Å². The molecular formula is C27H17F6N3O4S2. The zero-order valence-corrected chi connectivity index (χ0v) is 22.6. The molecule has 1 fully saturated rings. The van der Waals surface area contributed by atoms with Gasteiger partial charge in [0.15, 0.2) is 6.04 Å². The molecule has 42 heavy (non-hydrogen) atoms. The van der Waals surface area contributed by atoms with E-state index in [0.29, 0.717) is 10.5 Å². The van der Waals surface area contributed by atoms with Crippen LogP contribution in [0, 0.1) is 0 Å². The maximum Gasteiger partial charge on any atom is 0.493 e. The average molecular weight is 626 g/mol. The van der Waals surface area contributed by atoms with E-state index in [4.69, 9.17) is 0 Å². The number of halogens is 6. The van der Waals surface area contributed by atoms with E-state index in [1.807, 2.05) is 23.6 Å². The summed E-state index contributed by atoms with van der Waals surface area (Å²) in [6.07, 6.45) is -2.65. The number of hydrogen-bond acceptors (Lipinski definition) is 7. The largest absolute Gasteiger partial charge is 0.493 e. The fourth-order valence-corrected chi connectivity index (χ4v) is 6.12. The SMILES string of the molecule is O=C1[C@@H]([C@H](Cc2csc3ccccc23)c2ccncc2)N(OC(=O)C(F)(F)F)C(=O)N1c1ccc(SC(F)(F)F)cc1. The molecule has 1 aliphatic rings. The summed E-state index contributed by atoms with van der Waals surface area (Å²) in [4.78, 5) is 47.9. The number of urea groups is 1. The number of rotatable bonds is 7. The van der Waals surface area contributed by atoms with E-state index >= 15 is 0 Å². The van der Waals surface area contributed by atoms with E-state index in [-0.39, 0.29) is 22.1 Å². The standard InChI is InChI=1S/C27H17F6N3O4S2/c28-26(29,30)24(38)40-36-22(23(37)35(25(36)39)17-5-7-18(8-6-17)42-27(31,32)33)20(15-9-11-34-12-10-15)13-16-14-41-21-4-2-1-3-19(16)21/h1-12,14,20,22H,13H2/t20-,22-/m1/s1. The van der Waals surface area contributed by atoms with E-state index in [9.17, 15) is 40.7 Å². The minimum absolute atomic E-state index is 0.0484. The number of carbonyl (C=O) groups is 3. The molecule has 3 heterocycles. The van der Waals surface area contributed by atoms with Crippen molar-refractivity contribution in [3.05, 3.63) is 89.6 Å². The summed E-state index contributed by atoms with van der Waals surface area (Å²) in [7, 11) is 0. The normalized spacial score (nSPS) is 16.8. The predicted molar refractivity (Wildman–Crippen MR) is 142 cm³/mol. The molecule has 0 saturated carbocycles. The van der Waals surface area contributed by atoms with Gasteiger partial charge in [0, 0.05) is 27.9 Å². The van der Waals surface area contributed by atoms with Crippen molar-refractivity contribution in [3.63, 3.8) is 0 Å². The van der Waals surface area contributed by atoms with Gasteiger partial charge in [0.2, 0.25) is 0 Å². The first kappa shape index (κ1) is 29.4. The van der Waals surface area contributed by atoms with Crippen LogP contribution in [-0.4, -0.2) is 45.7 Å². The summed E-state index contributed by atoms with van der Waals surface area (Å²) >= 11 is 0.981. The fraction of sp³-hybridized carbons (Fsp3) is 0.185. The minimum atomic E-state index is -5.49. The molecule has 1 aliphatic heterocycles. The number of thioether (sulfide) groups is 1. The highest BCUT2D eigenvalue weighted by Crippen LogP contribution is 2.40. The number of hydroxylamine groups is 2. The number of benzene rings is 2. The number of thiophene rings is 1. The first-order valence-corrected chi connectivity index (χ1v) is 13.7. The maximum absolute atomic E-state index is 13.9. The van der Waals surface area contributed by atoms with Crippen LogP contribution in [0.1, 0.15) is 17.0 Å². The molecular weight excluding hydrogens is 608 g/mol. The van der Waals surface area contributed by atoms with Crippen LogP contribution in [0.4, 0.5) is 36.8 Å². The number of anilines is 1. The monoisotopic (exact) mass is 625 g/mol. The average Bonchev–Trinajstić information content (AvgIpc) is 3.44. The third kappa shape index (κ3) is 6.06. The number of imide groups is 1. The Hall–Kier alpha value is -4.11. The minimum Gasteiger partial charge on any atom is -0.327 e. The highest BCUT2D eigenvalue weighted by atomic mass is 32.2. The molecule has 0 unspecified atom stereocenters. The van der Waals surface area contributed by atoms with Crippen molar-refractivity contribution in [1.29, 1.82) is 0 Å². The second-order valence-corrected chi connectivity index (χ2v) is 11.0. The molecule has 0 N–H and O–H groups in total. The fourth-order valence-electron chi connectivity index (χ4n) is 4.60. The van der Waals surface area contributed by atoms with Gasteiger partial charge in [-0.15, -0.1) is 16.4 Å². The Morgan fingerprint density at radius 3 is 2.29 bits per heavy atom. The number of aromatic nitrogens is 1. The van der Waals surface area contributed by atoms with Gasteiger partial charge in [0.05, 0.1) is 5.69 Å². The van der Waals surface area contributed by atoms with Gasteiger partial charge in [-0.25, -0.2) is 14.5 Å². The highest BCUT2D eigenvalue weighted by Gasteiger charge is 2.55. The van der Waals surface area contributed by atoms with Crippen molar-refractivity contribution in [2.45, 2.75) is 35.0 Å². The lowest BCUT2D eigenvalue weighted by molar-refractivity contribution is -0.231. The van der Waals surface area contributed by atoms with Gasteiger partial charge in [0.1, 0.15) is 0 Å². The Morgan fingerprint density at radius 2 is 1.64 bits per heavy atom. The highest BCUT2D eigenvalue weighted by molar-refractivity contribution is 8.00. The lowest BCUT2D eigenvalue weighted by Gasteiger charge is -2.28. The van der Waals surface area contributed by atoms with Gasteiger partial charge in [-0.1, -0.05) is 18.2 Å². The Bertz CT molecular complexity index is 1630. The van der Waals surface area contributed by atoms with Crippen LogP contribution in [-0.2, 0) is 20.8 Å². The summed E-state index contributed by atoms with van der Waals surface area (Å²) in [5.74, 6) is -4.78. The first-order valence-electron chi connectivity index (χ1n) is 12.0. The smallest absolute Gasteiger partial charge is 0.327 e. The molecule has 0 spiro atoms. The van der Waals surface area contributed by atoms with Crippen LogP contribution in [0.25, 0.3) is 10.1 Å². The van der Waals surface area contributed by atoms with Gasteiger partial charge < -0.3 is 4.84 Å². The van der Waals surface area contributed by atoms with Crippen molar-refractivity contribution in [2.75, 3.05) is 4.90 Å². The van der Waals surface area contributed by atoms with Gasteiger partial charge in [0.25, 0.3) is 5.91 Å². The maximum atomic E-state index is 13.9. The molecule has 7 nitrogen and oxygen atoms in total. The molecule has 5 rings (SSSR count). The van der Waals surface area contributed by atoms with Crippen molar-refractivity contribution < 1.29 is 45.6 Å². The first-order chi connectivity index (χ1) is 19.8. The summed E-state index contributed by atoms with van der Waals surface area (Å²) in [5, 5.41) is 2.74. The zero-order valence-electron chi connectivity index (χ0n) is 20.9. The quantitative estimate of drug-likeness (QED) is 0.124. The molecule has 218 valence electrons. The molecule has 1 saturated heterocycles. The lowest BCUT2D eigenvalue weighted by Crippen LogP contribution is -2.44. The number of fused-ring (bicyclic) bond motifs is 1. The lowest BCUT2D eigenvalue weighted by atomic mass is 9.86. The molecule has 2 aromatic carbocycles. The second-order valence-electron chi connectivity index (χ2n) is 8.99. The Morgan fingerprint density at radius 1 is 0.976 bits per heavy atom. The van der Waals surface area contributed by atoms with Gasteiger partial charge in [-0.05, 0) is 82.5 Å². The second kappa shape index (κ2) is 11.3. The van der Waals surface area contributed by atoms with Crippen LogP contribution in [0.2, 0.25) is 0 Å². The van der Waals surface area contributed by atoms with Gasteiger partial charge in [-0.2, -0.15) is 26.3 Å². The van der Waals surface area contributed by atoms with Crippen molar-refractivity contribution >= 4 is 56.8 Å². The van der Waals surface area contributed by atoms with E-state index in [2.05, 4.69) is 9.82 Å². The van der Waals surface area contributed by atoms with E-state index in [0.717, 1.165) is 39.9 Å². The van der Waals surface area contributed by atoms with Crippen molar-refractivity contribution in [2.24, 2.45) is 0 Å². The Labute approximate surface area is 241 Å². The van der Waals surface area contributed by atoms with Gasteiger partial charge in [-0.3, -0.25) is 9.78 Å². The van der Waals surface area contributed by atoms with Crippen LogP contribution in [0.3, 0.4) is 0 Å². The number of hydrogen-bond donors (Lipinski definition) is 0. The number of pyridine rings is 1. The molecule has 15 heteroatoms. The predicted octanol–water partition coefficient (Wildman–Crippen LogP) is 7.09. The number of amides is 3. The molecule has 0 radical (unpaired) electrons. The third-order valence-corrected chi connectivity index (χ3v) is 8.12. The summed E-state index contributed by atoms with van der Waals surface area (Å²) in [5.41, 5.74) is -3.68. The molecule has 4 aromatic rings.